The molecule has 2 aromatic rings. The van der Waals surface area contributed by atoms with Crippen LogP contribution in [0.5, 0.6) is 0 Å². The predicted octanol–water partition coefficient (Wildman–Crippen LogP) is 3.31. The lowest BCUT2D eigenvalue weighted by atomic mass is 9.68. The van der Waals surface area contributed by atoms with Crippen molar-refractivity contribution >= 4 is 5.91 Å². The number of likely N-dealkylation sites (tertiary alicyclic amines) is 2. The predicted molar refractivity (Wildman–Crippen MR) is 111 cm³/mol. The van der Waals surface area contributed by atoms with Crippen LogP contribution in [0.3, 0.4) is 0 Å². The zero-order chi connectivity index (χ0) is 19.6. The van der Waals surface area contributed by atoms with E-state index in [1.807, 2.05) is 24.0 Å². The number of piperidine rings is 2. The minimum atomic E-state index is 0.270. The van der Waals surface area contributed by atoms with Crippen molar-refractivity contribution in [2.75, 3.05) is 33.2 Å². The van der Waals surface area contributed by atoms with Crippen LogP contribution in [0.15, 0.2) is 42.7 Å². The zero-order valence-corrected chi connectivity index (χ0v) is 17.2. The minimum Gasteiger partial charge on any atom is -0.343 e. The summed E-state index contributed by atoms with van der Waals surface area (Å²) in [6.07, 6.45) is 7.87. The molecule has 2 aliphatic heterocycles. The second kappa shape index (κ2) is 8.08. The number of aryl methyl sites for hydroxylation is 2. The van der Waals surface area contributed by atoms with E-state index in [1.165, 1.54) is 12.0 Å². The van der Waals surface area contributed by atoms with Gasteiger partial charge in [-0.25, -0.2) is 0 Å². The SMILES string of the molecule is Cc1cnn(CCC(=O)N2CCC3(CC2)C[C@@H](c2ccccc2)CN(C)C3)c1. The lowest BCUT2D eigenvalue weighted by molar-refractivity contribution is -0.134. The van der Waals surface area contributed by atoms with Crippen molar-refractivity contribution in [2.24, 2.45) is 5.41 Å². The molecule has 2 aliphatic rings. The minimum absolute atomic E-state index is 0.270. The van der Waals surface area contributed by atoms with Crippen LogP contribution in [-0.4, -0.2) is 58.7 Å². The highest BCUT2D eigenvalue weighted by molar-refractivity contribution is 5.76. The maximum absolute atomic E-state index is 12.7. The van der Waals surface area contributed by atoms with E-state index >= 15 is 0 Å². The Kier molecular flexibility index (Phi) is 5.54. The number of hydrogen-bond acceptors (Lipinski definition) is 3. The Labute approximate surface area is 168 Å². The van der Waals surface area contributed by atoms with Crippen molar-refractivity contribution in [2.45, 2.75) is 45.1 Å². The quantitative estimate of drug-likeness (QED) is 0.817. The van der Waals surface area contributed by atoms with Gasteiger partial charge in [-0.15, -0.1) is 0 Å². The van der Waals surface area contributed by atoms with Crippen molar-refractivity contribution in [3.8, 4) is 0 Å². The topological polar surface area (TPSA) is 41.4 Å². The number of hydrogen-bond donors (Lipinski definition) is 0. The number of rotatable bonds is 4. The highest BCUT2D eigenvalue weighted by atomic mass is 16.2. The number of amides is 1. The van der Waals surface area contributed by atoms with Crippen LogP contribution in [0.25, 0.3) is 0 Å². The largest absolute Gasteiger partial charge is 0.343 e. The fourth-order valence-corrected chi connectivity index (χ4v) is 5.16. The Bertz CT molecular complexity index is 792. The van der Waals surface area contributed by atoms with E-state index in [0.29, 0.717) is 24.3 Å². The first-order valence-electron chi connectivity index (χ1n) is 10.5. The molecule has 2 saturated heterocycles. The summed E-state index contributed by atoms with van der Waals surface area (Å²) in [7, 11) is 2.25. The van der Waals surface area contributed by atoms with Crippen LogP contribution >= 0.6 is 0 Å². The third-order valence-electron chi connectivity index (χ3n) is 6.58. The first-order valence-corrected chi connectivity index (χ1v) is 10.5. The highest BCUT2D eigenvalue weighted by Crippen LogP contribution is 2.44. The van der Waals surface area contributed by atoms with Gasteiger partial charge in [-0.3, -0.25) is 9.48 Å². The molecular weight excluding hydrogens is 348 g/mol. The van der Waals surface area contributed by atoms with Gasteiger partial charge < -0.3 is 9.80 Å². The molecule has 1 atom stereocenters. The molecule has 0 saturated carbocycles. The summed E-state index contributed by atoms with van der Waals surface area (Å²) in [5.74, 6) is 0.872. The molecule has 5 heteroatoms. The molecule has 4 rings (SSSR count). The molecule has 28 heavy (non-hydrogen) atoms. The molecule has 150 valence electrons. The van der Waals surface area contributed by atoms with E-state index in [9.17, 15) is 4.79 Å². The first-order chi connectivity index (χ1) is 13.5. The maximum Gasteiger partial charge on any atom is 0.224 e. The standard InChI is InChI=1S/C23H32N4O/c1-19-15-24-27(16-19)11-8-22(28)26-12-9-23(10-13-26)14-21(17-25(2)18-23)20-6-4-3-5-7-20/h3-7,15-16,21H,8-14,17-18H2,1-2H3/t21-/m1/s1. The van der Waals surface area contributed by atoms with E-state index in [4.69, 9.17) is 0 Å². The van der Waals surface area contributed by atoms with E-state index in [0.717, 1.165) is 44.6 Å². The van der Waals surface area contributed by atoms with Gasteiger partial charge in [-0.2, -0.15) is 5.10 Å². The summed E-state index contributed by atoms with van der Waals surface area (Å²) in [5.41, 5.74) is 2.95. The van der Waals surface area contributed by atoms with Crippen molar-refractivity contribution in [3.05, 3.63) is 53.9 Å². The molecule has 1 amide bonds. The molecule has 0 aliphatic carbocycles. The van der Waals surface area contributed by atoms with Crippen LogP contribution in [0.4, 0.5) is 0 Å². The third-order valence-corrected chi connectivity index (χ3v) is 6.58. The molecular formula is C23H32N4O. The number of aromatic nitrogens is 2. The number of benzene rings is 1. The van der Waals surface area contributed by atoms with Gasteiger partial charge in [0.1, 0.15) is 0 Å². The Morgan fingerprint density at radius 3 is 2.64 bits per heavy atom. The van der Waals surface area contributed by atoms with Crippen molar-refractivity contribution < 1.29 is 4.79 Å². The average molecular weight is 381 g/mol. The van der Waals surface area contributed by atoms with Gasteiger partial charge in [-0.05, 0) is 55.7 Å². The second-order valence-corrected chi connectivity index (χ2v) is 8.92. The smallest absolute Gasteiger partial charge is 0.224 e. The number of carbonyl (C=O) groups excluding carboxylic acids is 1. The Hall–Kier alpha value is -2.14. The molecule has 1 aromatic carbocycles. The van der Waals surface area contributed by atoms with Crippen molar-refractivity contribution in [3.63, 3.8) is 0 Å². The van der Waals surface area contributed by atoms with Crippen LogP contribution in [0, 0.1) is 12.3 Å². The van der Waals surface area contributed by atoms with Gasteiger partial charge in [0.15, 0.2) is 0 Å². The summed E-state index contributed by atoms with van der Waals surface area (Å²) in [6, 6.07) is 10.9. The lowest BCUT2D eigenvalue weighted by Gasteiger charge is -2.49. The monoisotopic (exact) mass is 380 g/mol. The van der Waals surface area contributed by atoms with Gasteiger partial charge in [0.25, 0.3) is 0 Å². The summed E-state index contributed by atoms with van der Waals surface area (Å²) >= 11 is 0. The summed E-state index contributed by atoms with van der Waals surface area (Å²) in [4.78, 5) is 17.2. The molecule has 1 aromatic heterocycles. The maximum atomic E-state index is 12.7. The summed E-state index contributed by atoms with van der Waals surface area (Å²) < 4.78 is 1.87. The first kappa shape index (κ1) is 19.2. The number of likely N-dealkylation sites (N-methyl/N-ethyl adjacent to an activating group) is 1. The molecule has 0 N–H and O–H groups in total. The molecule has 1 spiro atoms. The van der Waals surface area contributed by atoms with Gasteiger partial charge in [0.05, 0.1) is 6.20 Å². The fourth-order valence-electron chi connectivity index (χ4n) is 5.16. The molecule has 0 radical (unpaired) electrons. The van der Waals surface area contributed by atoms with E-state index in [1.54, 1.807) is 0 Å². The third kappa shape index (κ3) is 4.30. The normalized spacial score (nSPS) is 22.5. The van der Waals surface area contributed by atoms with E-state index in [2.05, 4.69) is 52.3 Å². The fraction of sp³-hybridized carbons (Fsp3) is 0.565. The van der Waals surface area contributed by atoms with Crippen LogP contribution in [0.2, 0.25) is 0 Å². The van der Waals surface area contributed by atoms with Gasteiger partial charge in [-0.1, -0.05) is 30.3 Å². The van der Waals surface area contributed by atoms with Crippen molar-refractivity contribution in [1.82, 2.24) is 19.6 Å². The average Bonchev–Trinajstić information content (AvgIpc) is 3.12. The zero-order valence-electron chi connectivity index (χ0n) is 17.2. The second-order valence-electron chi connectivity index (χ2n) is 8.92. The van der Waals surface area contributed by atoms with Gasteiger partial charge in [0.2, 0.25) is 5.91 Å². The number of carbonyl (C=O) groups is 1. The number of nitrogens with zero attached hydrogens (tertiary/aromatic N) is 4. The van der Waals surface area contributed by atoms with E-state index < -0.39 is 0 Å². The Morgan fingerprint density at radius 1 is 1.21 bits per heavy atom. The molecule has 3 heterocycles. The molecule has 0 unspecified atom stereocenters. The van der Waals surface area contributed by atoms with E-state index in [-0.39, 0.29) is 5.91 Å². The highest BCUT2D eigenvalue weighted by Gasteiger charge is 2.41. The van der Waals surface area contributed by atoms with Crippen LogP contribution in [0.1, 0.15) is 42.7 Å². The van der Waals surface area contributed by atoms with Crippen LogP contribution < -0.4 is 0 Å². The molecule has 2 fully saturated rings. The molecule has 5 nitrogen and oxygen atoms in total. The Balaban J connectivity index is 1.33. The molecule has 0 bridgehead atoms. The van der Waals surface area contributed by atoms with Crippen molar-refractivity contribution in [1.29, 1.82) is 0 Å². The van der Waals surface area contributed by atoms with Gasteiger partial charge >= 0.3 is 0 Å². The van der Waals surface area contributed by atoms with Gasteiger partial charge in [0, 0.05) is 45.3 Å². The summed E-state index contributed by atoms with van der Waals surface area (Å²) in [5, 5.41) is 4.29. The Morgan fingerprint density at radius 2 is 1.96 bits per heavy atom. The lowest BCUT2D eigenvalue weighted by Crippen LogP contribution is -2.51. The summed E-state index contributed by atoms with van der Waals surface area (Å²) in [6.45, 7) is 6.79. The van der Waals surface area contributed by atoms with Crippen LogP contribution in [-0.2, 0) is 11.3 Å².